The molecule has 1 aromatic heterocycles. The van der Waals surface area contributed by atoms with Crippen molar-refractivity contribution in [2.75, 3.05) is 18.9 Å². The standard InChI is InChI=1S/C14H22N4/c1-10-5-14(17-9-16-10)15-8-11-6-12-3-4-13(7-11)18(12)2/h5,9,11-13H,3-4,6-8H2,1-2H3,(H,15,16,17). The van der Waals surface area contributed by atoms with Crippen LogP contribution >= 0.6 is 0 Å². The van der Waals surface area contributed by atoms with E-state index in [9.17, 15) is 0 Å². The van der Waals surface area contributed by atoms with Crippen molar-refractivity contribution in [1.82, 2.24) is 14.9 Å². The van der Waals surface area contributed by atoms with Crippen LogP contribution in [0.2, 0.25) is 0 Å². The van der Waals surface area contributed by atoms with Crippen molar-refractivity contribution >= 4 is 5.82 Å². The van der Waals surface area contributed by atoms with Gasteiger partial charge in [-0.2, -0.15) is 0 Å². The summed E-state index contributed by atoms with van der Waals surface area (Å²) in [6.45, 7) is 3.06. The van der Waals surface area contributed by atoms with Crippen LogP contribution in [0, 0.1) is 12.8 Å². The normalized spacial score (nSPS) is 31.6. The molecule has 1 N–H and O–H groups in total. The molecule has 0 radical (unpaired) electrons. The van der Waals surface area contributed by atoms with E-state index in [0.29, 0.717) is 0 Å². The number of nitrogens with one attached hydrogen (secondary N) is 1. The van der Waals surface area contributed by atoms with Crippen molar-refractivity contribution in [3.8, 4) is 0 Å². The third-order valence-electron chi connectivity index (χ3n) is 4.57. The van der Waals surface area contributed by atoms with Gasteiger partial charge in [0.1, 0.15) is 12.1 Å². The number of hydrogen-bond donors (Lipinski definition) is 1. The molecular weight excluding hydrogens is 224 g/mol. The number of hydrogen-bond acceptors (Lipinski definition) is 4. The first-order chi connectivity index (χ1) is 8.72. The second-order valence-electron chi connectivity index (χ2n) is 5.81. The summed E-state index contributed by atoms with van der Waals surface area (Å²) in [5, 5.41) is 3.47. The van der Waals surface area contributed by atoms with Gasteiger partial charge in [-0.3, -0.25) is 0 Å². The third-order valence-corrected chi connectivity index (χ3v) is 4.57. The SMILES string of the molecule is Cc1cc(NCC2CC3CCC(C2)N3C)ncn1. The second-order valence-corrected chi connectivity index (χ2v) is 5.81. The van der Waals surface area contributed by atoms with Crippen molar-refractivity contribution in [1.29, 1.82) is 0 Å². The van der Waals surface area contributed by atoms with Crippen LogP contribution in [0.4, 0.5) is 5.82 Å². The topological polar surface area (TPSA) is 41.0 Å². The van der Waals surface area contributed by atoms with Gasteiger partial charge < -0.3 is 10.2 Å². The maximum absolute atomic E-state index is 4.26. The van der Waals surface area contributed by atoms with Crippen LogP contribution < -0.4 is 5.32 Å². The van der Waals surface area contributed by atoms with Crippen molar-refractivity contribution in [3.63, 3.8) is 0 Å². The number of rotatable bonds is 3. The number of nitrogens with zero attached hydrogens (tertiary/aromatic N) is 3. The molecule has 2 saturated heterocycles. The van der Waals surface area contributed by atoms with Gasteiger partial charge in [0, 0.05) is 30.4 Å². The van der Waals surface area contributed by atoms with Gasteiger partial charge in [-0.15, -0.1) is 0 Å². The molecule has 1 aromatic rings. The minimum Gasteiger partial charge on any atom is -0.370 e. The Balaban J connectivity index is 1.55. The van der Waals surface area contributed by atoms with Crippen LogP contribution in [0.15, 0.2) is 12.4 Å². The maximum atomic E-state index is 4.26. The van der Waals surface area contributed by atoms with Gasteiger partial charge in [-0.05, 0) is 45.6 Å². The molecule has 0 aromatic carbocycles. The fourth-order valence-corrected chi connectivity index (χ4v) is 3.49. The molecule has 18 heavy (non-hydrogen) atoms. The molecule has 0 saturated carbocycles. The molecule has 3 heterocycles. The van der Waals surface area contributed by atoms with E-state index < -0.39 is 0 Å². The molecule has 2 atom stereocenters. The number of aromatic nitrogens is 2. The largest absolute Gasteiger partial charge is 0.370 e. The lowest BCUT2D eigenvalue weighted by atomic mass is 9.91. The van der Waals surface area contributed by atoms with Crippen molar-refractivity contribution in [2.45, 2.75) is 44.7 Å². The molecule has 98 valence electrons. The Hall–Kier alpha value is -1.16. The lowest BCUT2D eigenvalue weighted by Gasteiger charge is -2.36. The Morgan fingerprint density at radius 3 is 2.67 bits per heavy atom. The Morgan fingerprint density at radius 2 is 2.00 bits per heavy atom. The summed E-state index contributed by atoms with van der Waals surface area (Å²) >= 11 is 0. The molecule has 2 unspecified atom stereocenters. The first kappa shape index (κ1) is 11.9. The van der Waals surface area contributed by atoms with Crippen LogP contribution in [-0.4, -0.2) is 40.5 Å². The quantitative estimate of drug-likeness (QED) is 0.886. The average molecular weight is 246 g/mol. The van der Waals surface area contributed by atoms with Crippen LogP contribution in [0.1, 0.15) is 31.4 Å². The number of anilines is 1. The van der Waals surface area contributed by atoms with Crippen molar-refractivity contribution < 1.29 is 0 Å². The van der Waals surface area contributed by atoms with E-state index in [4.69, 9.17) is 0 Å². The van der Waals surface area contributed by atoms with Crippen LogP contribution in [-0.2, 0) is 0 Å². The second kappa shape index (κ2) is 4.84. The summed E-state index contributed by atoms with van der Waals surface area (Å²) in [7, 11) is 2.29. The molecule has 2 aliphatic heterocycles. The first-order valence-corrected chi connectivity index (χ1v) is 6.97. The van der Waals surface area contributed by atoms with Gasteiger partial charge >= 0.3 is 0 Å². The molecule has 2 bridgehead atoms. The molecule has 4 nitrogen and oxygen atoms in total. The van der Waals surface area contributed by atoms with E-state index in [-0.39, 0.29) is 0 Å². The predicted molar refractivity (Wildman–Crippen MR) is 72.6 cm³/mol. The summed E-state index contributed by atoms with van der Waals surface area (Å²) in [6.07, 6.45) is 7.10. The summed E-state index contributed by atoms with van der Waals surface area (Å²) in [5.74, 6) is 1.77. The Morgan fingerprint density at radius 1 is 1.28 bits per heavy atom. The molecule has 0 spiro atoms. The van der Waals surface area contributed by atoms with Gasteiger partial charge in [0.2, 0.25) is 0 Å². The number of piperidine rings is 1. The van der Waals surface area contributed by atoms with Crippen molar-refractivity contribution in [2.24, 2.45) is 5.92 Å². The Kier molecular flexibility index (Phi) is 3.20. The summed E-state index contributed by atoms with van der Waals surface area (Å²) in [6, 6.07) is 3.66. The molecule has 2 fully saturated rings. The first-order valence-electron chi connectivity index (χ1n) is 6.97. The molecule has 2 aliphatic rings. The molecule has 3 rings (SSSR count). The highest BCUT2D eigenvalue weighted by Gasteiger charge is 2.38. The maximum Gasteiger partial charge on any atom is 0.129 e. The van der Waals surface area contributed by atoms with E-state index >= 15 is 0 Å². The number of fused-ring (bicyclic) bond motifs is 2. The minimum atomic E-state index is 0.800. The van der Waals surface area contributed by atoms with Gasteiger partial charge in [0.15, 0.2) is 0 Å². The van der Waals surface area contributed by atoms with Gasteiger partial charge in [-0.25, -0.2) is 9.97 Å². The fourth-order valence-electron chi connectivity index (χ4n) is 3.49. The molecule has 4 heteroatoms. The average Bonchev–Trinajstić information content (AvgIpc) is 2.60. The van der Waals surface area contributed by atoms with Crippen LogP contribution in [0.3, 0.4) is 0 Å². The highest BCUT2D eigenvalue weighted by Crippen LogP contribution is 2.37. The van der Waals surface area contributed by atoms with Crippen LogP contribution in [0.25, 0.3) is 0 Å². The van der Waals surface area contributed by atoms with Gasteiger partial charge in [0.05, 0.1) is 0 Å². The zero-order valence-corrected chi connectivity index (χ0v) is 11.3. The van der Waals surface area contributed by atoms with Crippen LogP contribution in [0.5, 0.6) is 0 Å². The van der Waals surface area contributed by atoms with Gasteiger partial charge in [-0.1, -0.05) is 0 Å². The summed E-state index contributed by atoms with van der Waals surface area (Å²) in [5.41, 5.74) is 1.02. The zero-order chi connectivity index (χ0) is 12.5. The third kappa shape index (κ3) is 2.34. The lowest BCUT2D eigenvalue weighted by molar-refractivity contribution is 0.139. The molecular formula is C14H22N4. The zero-order valence-electron chi connectivity index (χ0n) is 11.3. The monoisotopic (exact) mass is 246 g/mol. The summed E-state index contributed by atoms with van der Waals surface area (Å²) in [4.78, 5) is 11.0. The van der Waals surface area contributed by atoms with E-state index in [1.165, 1.54) is 25.7 Å². The predicted octanol–water partition coefficient (Wildman–Crippen LogP) is 2.07. The van der Waals surface area contributed by atoms with Gasteiger partial charge in [0.25, 0.3) is 0 Å². The highest BCUT2D eigenvalue weighted by atomic mass is 15.2. The Bertz CT molecular complexity index is 406. The Labute approximate surface area is 109 Å². The van der Waals surface area contributed by atoms with Crippen molar-refractivity contribution in [3.05, 3.63) is 18.1 Å². The number of aryl methyl sites for hydroxylation is 1. The van der Waals surface area contributed by atoms with E-state index in [0.717, 1.165) is 36.1 Å². The van der Waals surface area contributed by atoms with E-state index in [1.807, 2.05) is 13.0 Å². The fraction of sp³-hybridized carbons (Fsp3) is 0.714. The smallest absolute Gasteiger partial charge is 0.129 e. The highest BCUT2D eigenvalue weighted by molar-refractivity contribution is 5.34. The lowest BCUT2D eigenvalue weighted by Crippen LogP contribution is -2.41. The molecule has 0 amide bonds. The molecule has 0 aliphatic carbocycles. The minimum absolute atomic E-state index is 0.800. The van der Waals surface area contributed by atoms with E-state index in [2.05, 4.69) is 27.2 Å². The summed E-state index contributed by atoms with van der Waals surface area (Å²) < 4.78 is 0. The van der Waals surface area contributed by atoms with E-state index in [1.54, 1.807) is 6.33 Å².